The molecule has 0 atom stereocenters. The highest BCUT2D eigenvalue weighted by molar-refractivity contribution is 7.89. The number of amides is 1. The molecule has 2 aromatic rings. The van der Waals surface area contributed by atoms with E-state index in [0.29, 0.717) is 51.4 Å². The van der Waals surface area contributed by atoms with Crippen LogP contribution in [0.2, 0.25) is 0 Å². The molecule has 178 valence electrons. The molecule has 0 unspecified atom stereocenters. The van der Waals surface area contributed by atoms with Crippen LogP contribution in [0.5, 0.6) is 0 Å². The average Bonchev–Trinajstić information content (AvgIpc) is 3.35. The molecule has 2 aromatic carbocycles. The lowest BCUT2D eigenvalue weighted by molar-refractivity contribution is -0.137. The Morgan fingerprint density at radius 3 is 2.12 bits per heavy atom. The molecular formula is C23H26F3N3O3S. The van der Waals surface area contributed by atoms with Crippen molar-refractivity contribution in [2.45, 2.75) is 30.5 Å². The maximum atomic E-state index is 13.0. The summed E-state index contributed by atoms with van der Waals surface area (Å²) in [6.45, 7) is 3.59. The number of alkyl halides is 3. The number of carbonyl (C=O) groups is 1. The summed E-state index contributed by atoms with van der Waals surface area (Å²) in [5.74, 6) is -0.220. The van der Waals surface area contributed by atoms with E-state index < -0.39 is 21.8 Å². The molecule has 0 bridgehead atoms. The fourth-order valence-corrected chi connectivity index (χ4v) is 5.78. The predicted molar refractivity (Wildman–Crippen MR) is 117 cm³/mol. The minimum atomic E-state index is -4.35. The van der Waals surface area contributed by atoms with Gasteiger partial charge in [0.25, 0.3) is 5.91 Å². The van der Waals surface area contributed by atoms with Crippen molar-refractivity contribution in [2.24, 2.45) is 0 Å². The fourth-order valence-electron chi connectivity index (χ4n) is 4.22. The van der Waals surface area contributed by atoms with E-state index in [-0.39, 0.29) is 10.8 Å². The van der Waals surface area contributed by atoms with Crippen LogP contribution in [0.25, 0.3) is 0 Å². The molecule has 2 fully saturated rings. The van der Waals surface area contributed by atoms with Gasteiger partial charge >= 0.3 is 6.18 Å². The first-order valence-electron chi connectivity index (χ1n) is 10.9. The summed E-state index contributed by atoms with van der Waals surface area (Å²) in [5, 5.41) is 0. The molecule has 2 aliphatic rings. The van der Waals surface area contributed by atoms with E-state index in [9.17, 15) is 26.4 Å². The van der Waals surface area contributed by atoms with Crippen molar-refractivity contribution in [1.29, 1.82) is 0 Å². The van der Waals surface area contributed by atoms with Crippen molar-refractivity contribution in [1.82, 2.24) is 14.1 Å². The lowest BCUT2D eigenvalue weighted by Crippen LogP contribution is -2.48. The minimum absolute atomic E-state index is 0.135. The Kier molecular flexibility index (Phi) is 6.78. The number of piperazine rings is 1. The van der Waals surface area contributed by atoms with Gasteiger partial charge in [0.15, 0.2) is 0 Å². The Bertz CT molecular complexity index is 1090. The molecule has 0 radical (unpaired) electrons. The molecule has 33 heavy (non-hydrogen) atoms. The van der Waals surface area contributed by atoms with Gasteiger partial charge in [-0.3, -0.25) is 9.69 Å². The Balaban J connectivity index is 1.36. The van der Waals surface area contributed by atoms with Gasteiger partial charge in [0, 0.05) is 51.4 Å². The second kappa shape index (κ2) is 9.44. The minimum Gasteiger partial charge on any atom is -0.336 e. The Morgan fingerprint density at radius 1 is 0.879 bits per heavy atom. The average molecular weight is 482 g/mol. The summed E-state index contributed by atoms with van der Waals surface area (Å²) in [6, 6.07) is 11.3. The van der Waals surface area contributed by atoms with E-state index in [4.69, 9.17) is 0 Å². The van der Waals surface area contributed by atoms with Crippen molar-refractivity contribution in [3.8, 4) is 0 Å². The van der Waals surface area contributed by atoms with Crippen molar-refractivity contribution in [2.75, 3.05) is 39.3 Å². The summed E-state index contributed by atoms with van der Waals surface area (Å²) in [5.41, 5.74) is 0.449. The largest absolute Gasteiger partial charge is 0.416 e. The van der Waals surface area contributed by atoms with Crippen LogP contribution in [0.4, 0.5) is 13.2 Å². The zero-order valence-electron chi connectivity index (χ0n) is 18.1. The van der Waals surface area contributed by atoms with Crippen molar-refractivity contribution >= 4 is 15.9 Å². The van der Waals surface area contributed by atoms with Crippen molar-refractivity contribution in [3.05, 3.63) is 65.2 Å². The Labute approximate surface area is 191 Å². The molecule has 2 saturated heterocycles. The molecule has 10 heteroatoms. The van der Waals surface area contributed by atoms with E-state index in [0.717, 1.165) is 30.5 Å². The van der Waals surface area contributed by atoms with Crippen molar-refractivity contribution in [3.63, 3.8) is 0 Å². The topological polar surface area (TPSA) is 60.9 Å². The number of hydrogen-bond donors (Lipinski definition) is 0. The van der Waals surface area contributed by atoms with E-state index >= 15 is 0 Å². The third-order valence-electron chi connectivity index (χ3n) is 6.13. The van der Waals surface area contributed by atoms with E-state index in [1.165, 1.54) is 28.6 Å². The molecule has 2 aliphatic heterocycles. The van der Waals surface area contributed by atoms with Gasteiger partial charge in [-0.1, -0.05) is 18.2 Å². The van der Waals surface area contributed by atoms with Crippen LogP contribution in [-0.4, -0.2) is 67.7 Å². The molecule has 1 amide bonds. The van der Waals surface area contributed by atoms with E-state index in [1.54, 1.807) is 17.0 Å². The van der Waals surface area contributed by atoms with Gasteiger partial charge in [-0.25, -0.2) is 8.42 Å². The molecule has 2 heterocycles. The van der Waals surface area contributed by atoms with Gasteiger partial charge in [0.05, 0.1) is 10.5 Å². The van der Waals surface area contributed by atoms with Gasteiger partial charge < -0.3 is 4.90 Å². The highest BCUT2D eigenvalue weighted by Gasteiger charge is 2.31. The van der Waals surface area contributed by atoms with Gasteiger partial charge in [-0.2, -0.15) is 17.5 Å². The Morgan fingerprint density at radius 2 is 1.52 bits per heavy atom. The number of halogens is 3. The lowest BCUT2D eigenvalue weighted by Gasteiger charge is -2.35. The van der Waals surface area contributed by atoms with Gasteiger partial charge in [-0.05, 0) is 48.7 Å². The van der Waals surface area contributed by atoms with Crippen LogP contribution in [0.3, 0.4) is 0 Å². The normalized spacial score (nSPS) is 18.6. The summed E-state index contributed by atoms with van der Waals surface area (Å²) in [7, 11) is -3.60. The third kappa shape index (κ3) is 5.39. The first-order chi connectivity index (χ1) is 15.6. The van der Waals surface area contributed by atoms with Crippen LogP contribution in [-0.2, 0) is 22.7 Å². The first kappa shape index (κ1) is 23.7. The first-order valence-corrected chi connectivity index (χ1v) is 12.4. The Hall–Kier alpha value is -2.43. The second-order valence-electron chi connectivity index (χ2n) is 8.40. The van der Waals surface area contributed by atoms with Gasteiger partial charge in [-0.15, -0.1) is 0 Å². The van der Waals surface area contributed by atoms with Crippen LogP contribution in [0.15, 0.2) is 53.4 Å². The summed E-state index contributed by atoms with van der Waals surface area (Å²) in [6.07, 6.45) is -2.67. The maximum absolute atomic E-state index is 13.0. The summed E-state index contributed by atoms with van der Waals surface area (Å²) >= 11 is 0. The number of sulfonamides is 1. The number of nitrogens with zero attached hydrogens (tertiary/aromatic N) is 3. The quantitative estimate of drug-likeness (QED) is 0.657. The SMILES string of the molecule is O=C(c1cccc(S(=O)(=O)N2CCCC2)c1)N1CCN(Cc2ccc(C(F)(F)F)cc2)CC1. The highest BCUT2D eigenvalue weighted by atomic mass is 32.2. The molecule has 0 aliphatic carbocycles. The maximum Gasteiger partial charge on any atom is 0.416 e. The van der Waals surface area contributed by atoms with Gasteiger partial charge in [0.2, 0.25) is 10.0 Å². The molecule has 0 aromatic heterocycles. The zero-order chi connectivity index (χ0) is 23.6. The number of hydrogen-bond acceptors (Lipinski definition) is 4. The van der Waals surface area contributed by atoms with Crippen LogP contribution in [0, 0.1) is 0 Å². The lowest BCUT2D eigenvalue weighted by atomic mass is 10.1. The number of rotatable bonds is 5. The van der Waals surface area contributed by atoms with E-state index in [1.807, 2.05) is 0 Å². The van der Waals surface area contributed by atoms with Crippen LogP contribution in [0.1, 0.15) is 34.3 Å². The molecule has 6 nitrogen and oxygen atoms in total. The number of benzene rings is 2. The summed E-state index contributed by atoms with van der Waals surface area (Å²) in [4.78, 5) is 16.9. The highest BCUT2D eigenvalue weighted by Crippen LogP contribution is 2.29. The zero-order valence-corrected chi connectivity index (χ0v) is 18.9. The smallest absolute Gasteiger partial charge is 0.336 e. The molecule has 0 saturated carbocycles. The molecule has 0 spiro atoms. The van der Waals surface area contributed by atoms with Crippen LogP contribution < -0.4 is 0 Å². The van der Waals surface area contributed by atoms with Crippen LogP contribution >= 0.6 is 0 Å². The monoisotopic (exact) mass is 481 g/mol. The third-order valence-corrected chi connectivity index (χ3v) is 8.03. The van der Waals surface area contributed by atoms with Gasteiger partial charge in [0.1, 0.15) is 0 Å². The van der Waals surface area contributed by atoms with Crippen molar-refractivity contribution < 1.29 is 26.4 Å². The molecule has 4 rings (SSSR count). The fraction of sp³-hybridized carbons (Fsp3) is 0.435. The summed E-state index contributed by atoms with van der Waals surface area (Å²) < 4.78 is 65.2. The molecular weight excluding hydrogens is 455 g/mol. The standard InChI is InChI=1S/C23H26F3N3O3S/c24-23(25,26)20-8-6-18(7-9-20)17-27-12-14-28(15-13-27)22(30)19-4-3-5-21(16-19)33(31,32)29-10-1-2-11-29/h3-9,16H,1-2,10-15,17H2. The second-order valence-corrected chi connectivity index (χ2v) is 10.3. The number of carbonyl (C=O) groups excluding carboxylic acids is 1. The van der Waals surface area contributed by atoms with E-state index in [2.05, 4.69) is 4.90 Å². The molecule has 0 N–H and O–H groups in total. The predicted octanol–water partition coefficient (Wildman–Crippen LogP) is 3.45.